The van der Waals surface area contributed by atoms with Crippen LogP contribution in [0.2, 0.25) is 14.8 Å². The van der Waals surface area contributed by atoms with Crippen molar-refractivity contribution in [2.45, 2.75) is 14.8 Å². The van der Waals surface area contributed by atoms with E-state index >= 15 is 0 Å². The van der Waals surface area contributed by atoms with Gasteiger partial charge in [-0.15, -0.1) is 0 Å². The molecule has 0 aliphatic carbocycles. The number of hydrogen-bond acceptors (Lipinski definition) is 1. The number of methoxy groups -OCH3 is 1. The van der Waals surface area contributed by atoms with E-state index in [0.717, 1.165) is 4.62 Å². The molecule has 44 valence electrons. The zero-order chi connectivity index (χ0) is 5.91. The zero-order valence-electron chi connectivity index (χ0n) is 5.62. The minimum atomic E-state index is -1.50. The van der Waals surface area contributed by atoms with E-state index in [1.54, 1.807) is 7.11 Å². The molecule has 0 aromatic rings. The average Bonchev–Trinajstić information content (AvgIpc) is 1.30. The van der Waals surface area contributed by atoms with Crippen molar-refractivity contribution in [2.75, 3.05) is 11.7 Å². The van der Waals surface area contributed by atoms with E-state index in [0.29, 0.717) is 0 Å². The van der Waals surface area contributed by atoms with Gasteiger partial charge in [0.25, 0.3) is 0 Å². The van der Waals surface area contributed by atoms with Gasteiger partial charge in [-0.1, -0.05) is 0 Å². The normalized spacial score (nSPS) is 12.0. The first kappa shape index (κ1) is 7.76. The second-order valence-corrected chi connectivity index (χ2v) is 18.4. The molecule has 0 heterocycles. The molecule has 0 rings (SSSR count). The Labute approximate surface area is 49.9 Å². The Hall–Kier alpha value is 0.759. The molecule has 0 saturated carbocycles. The Morgan fingerprint density at radius 3 is 1.71 bits per heavy atom. The number of hydrogen-bond donors (Lipinski definition) is 0. The van der Waals surface area contributed by atoms with Crippen LogP contribution < -0.4 is 0 Å². The topological polar surface area (TPSA) is 9.23 Å². The fourth-order valence-electron chi connectivity index (χ4n) is 0.433. The maximum absolute atomic E-state index is 5.00. The molecule has 0 bridgehead atoms. The van der Waals surface area contributed by atoms with E-state index in [2.05, 4.69) is 14.8 Å². The van der Waals surface area contributed by atoms with Crippen LogP contribution in [0.1, 0.15) is 0 Å². The summed E-state index contributed by atoms with van der Waals surface area (Å²) in [6.07, 6.45) is 0. The fraction of sp³-hybridized carbons (Fsp3) is 1.00. The van der Waals surface area contributed by atoms with Gasteiger partial charge in [0, 0.05) is 0 Å². The third-order valence-electron chi connectivity index (χ3n) is 0.577. The Morgan fingerprint density at radius 2 is 1.71 bits per heavy atom. The van der Waals surface area contributed by atoms with Gasteiger partial charge in [0.05, 0.1) is 0 Å². The molecule has 2 heteroatoms. The molecule has 0 aromatic carbocycles. The summed E-state index contributed by atoms with van der Waals surface area (Å²) in [6.45, 7) is 0. The molecule has 0 fully saturated rings. The Bertz CT molecular complexity index is 46.5. The van der Waals surface area contributed by atoms with Gasteiger partial charge < -0.3 is 0 Å². The molecule has 7 heavy (non-hydrogen) atoms. The summed E-state index contributed by atoms with van der Waals surface area (Å²) in [5, 5.41) is 0. The van der Waals surface area contributed by atoms with Gasteiger partial charge in [-0.3, -0.25) is 0 Å². The van der Waals surface area contributed by atoms with Gasteiger partial charge in [0.1, 0.15) is 0 Å². The molecule has 0 aliphatic heterocycles. The van der Waals surface area contributed by atoms with Crippen molar-refractivity contribution >= 4 is 18.4 Å². The Kier molecular flexibility index (Phi) is 3.24. The van der Waals surface area contributed by atoms with Gasteiger partial charge in [0.2, 0.25) is 0 Å². The fourth-order valence-corrected chi connectivity index (χ4v) is 2.90. The third-order valence-corrected chi connectivity index (χ3v) is 3.87. The van der Waals surface area contributed by atoms with Crippen molar-refractivity contribution in [3.63, 3.8) is 0 Å². The first-order valence-electron chi connectivity index (χ1n) is 2.55. The third kappa shape index (κ3) is 6.76. The van der Waals surface area contributed by atoms with E-state index in [-0.39, 0.29) is 0 Å². The zero-order valence-corrected chi connectivity index (χ0v) is 8.47. The Morgan fingerprint density at radius 1 is 1.29 bits per heavy atom. The summed E-state index contributed by atoms with van der Waals surface area (Å²) in [5.41, 5.74) is 0. The van der Waals surface area contributed by atoms with Crippen molar-refractivity contribution in [2.24, 2.45) is 0 Å². The molecule has 0 atom stereocenters. The van der Waals surface area contributed by atoms with E-state index in [9.17, 15) is 0 Å². The summed E-state index contributed by atoms with van der Waals surface area (Å²) in [7, 11) is 1.78. The summed E-state index contributed by atoms with van der Waals surface area (Å²) >= 11 is -1.50. The van der Waals surface area contributed by atoms with E-state index < -0.39 is 18.4 Å². The first-order chi connectivity index (χ1) is 3.06. The van der Waals surface area contributed by atoms with Gasteiger partial charge in [-0.25, -0.2) is 0 Å². The van der Waals surface area contributed by atoms with Crippen molar-refractivity contribution < 1.29 is 4.74 Å². The summed E-state index contributed by atoms with van der Waals surface area (Å²) in [6, 6.07) is 0. The van der Waals surface area contributed by atoms with Gasteiger partial charge >= 0.3 is 49.7 Å². The van der Waals surface area contributed by atoms with Crippen LogP contribution in [0.15, 0.2) is 0 Å². The van der Waals surface area contributed by atoms with Gasteiger partial charge in [-0.05, 0) is 0 Å². The van der Waals surface area contributed by atoms with Crippen LogP contribution in [0.5, 0.6) is 0 Å². The van der Waals surface area contributed by atoms with Crippen molar-refractivity contribution in [1.29, 1.82) is 0 Å². The molecule has 0 aromatic heterocycles. The number of rotatable bonds is 2. The van der Waals surface area contributed by atoms with Crippen LogP contribution >= 0.6 is 0 Å². The van der Waals surface area contributed by atoms with E-state index in [4.69, 9.17) is 4.74 Å². The predicted molar refractivity (Wildman–Crippen MR) is 35.2 cm³/mol. The number of ether oxygens (including phenoxy) is 1. The second kappa shape index (κ2) is 2.92. The molecule has 1 nitrogen and oxygen atoms in total. The first-order valence-corrected chi connectivity index (χ1v) is 13.1. The summed E-state index contributed by atoms with van der Waals surface area (Å²) in [5.74, 6) is 0. The average molecular weight is 209 g/mol. The Balaban J connectivity index is 3.15. The summed E-state index contributed by atoms with van der Waals surface area (Å²) < 4.78 is 6.05. The minimum absolute atomic E-state index is 1.05. The molecular weight excluding hydrogens is 195 g/mol. The van der Waals surface area contributed by atoms with Gasteiger partial charge in [-0.2, -0.15) is 0 Å². The summed E-state index contributed by atoms with van der Waals surface area (Å²) in [4.78, 5) is 7.08. The van der Waals surface area contributed by atoms with E-state index in [1.165, 1.54) is 0 Å². The molecule has 0 spiro atoms. The predicted octanol–water partition coefficient (Wildman–Crippen LogP) is 1.51. The van der Waals surface area contributed by atoms with Crippen molar-refractivity contribution in [3.8, 4) is 0 Å². The van der Waals surface area contributed by atoms with Crippen LogP contribution in [0.3, 0.4) is 0 Å². The van der Waals surface area contributed by atoms with Crippen LogP contribution in [0.4, 0.5) is 0 Å². The molecule has 0 radical (unpaired) electrons. The van der Waals surface area contributed by atoms with E-state index in [1.807, 2.05) is 0 Å². The van der Waals surface area contributed by atoms with Crippen molar-refractivity contribution in [3.05, 3.63) is 0 Å². The van der Waals surface area contributed by atoms with Crippen LogP contribution in [0, 0.1) is 0 Å². The van der Waals surface area contributed by atoms with Gasteiger partial charge in [0.15, 0.2) is 0 Å². The standard InChI is InChI=1S/C2H5O.3CH3.Sn/c1-3-2;;;;/h1H2,2H3;3*1H3;. The SMILES string of the molecule is CO[CH2][Sn]([CH3])([CH3])[CH3]. The molecule has 0 saturated heterocycles. The quantitative estimate of drug-likeness (QED) is 0.626. The molecule has 0 unspecified atom stereocenters. The van der Waals surface area contributed by atoms with Crippen LogP contribution in [0.25, 0.3) is 0 Å². The molecular formula is C5H14OSn. The molecule has 0 aliphatic rings. The molecule has 0 amide bonds. The molecule has 0 N–H and O–H groups in total. The monoisotopic (exact) mass is 210 g/mol. The maximum atomic E-state index is 5.00. The van der Waals surface area contributed by atoms with Crippen LogP contribution in [-0.4, -0.2) is 30.1 Å². The second-order valence-electron chi connectivity index (χ2n) is 2.99. The van der Waals surface area contributed by atoms with Crippen LogP contribution in [-0.2, 0) is 4.74 Å². The van der Waals surface area contributed by atoms with Crippen molar-refractivity contribution in [1.82, 2.24) is 0 Å².